The monoisotopic (exact) mass is 504 g/mol. The molecule has 0 bridgehead atoms. The van der Waals surface area contributed by atoms with Gasteiger partial charge in [-0.15, -0.1) is 0 Å². The number of nitrogens with one attached hydrogen (secondary N) is 1. The number of carbonyl (C=O) groups excluding carboxylic acids is 1. The highest BCUT2D eigenvalue weighted by atomic mass is 35.5. The molecule has 2 aromatic rings. The fourth-order valence-electron chi connectivity index (χ4n) is 4.85. The van der Waals surface area contributed by atoms with Crippen molar-refractivity contribution in [2.24, 2.45) is 0 Å². The normalized spacial score (nSPS) is 19.9. The Labute approximate surface area is 211 Å². The molecular formula is C25H34ClFN6O2. The van der Waals surface area contributed by atoms with E-state index >= 15 is 0 Å². The third-order valence-corrected chi connectivity index (χ3v) is 6.98. The highest BCUT2D eigenvalue weighted by molar-refractivity contribution is 6.30. The zero-order valence-corrected chi connectivity index (χ0v) is 21.3. The Morgan fingerprint density at radius 1 is 1.29 bits per heavy atom. The Balaban J connectivity index is 1.43. The molecule has 2 heterocycles. The number of hydrogen-bond acceptors (Lipinski definition) is 6. The van der Waals surface area contributed by atoms with Gasteiger partial charge in [-0.3, -0.25) is 0 Å². The Kier molecular flexibility index (Phi) is 8.09. The number of carbonyl (C=O) groups is 1. The van der Waals surface area contributed by atoms with Crippen molar-refractivity contribution in [2.75, 3.05) is 44.2 Å². The molecule has 1 saturated heterocycles. The van der Waals surface area contributed by atoms with Gasteiger partial charge < -0.3 is 25.1 Å². The minimum Gasteiger partial charge on any atom is -0.387 e. The van der Waals surface area contributed by atoms with Gasteiger partial charge in [0.15, 0.2) is 0 Å². The number of aliphatic hydroxyl groups excluding tert-OH is 1. The molecule has 2 aliphatic rings. The Morgan fingerprint density at radius 3 is 2.71 bits per heavy atom. The van der Waals surface area contributed by atoms with Crippen molar-refractivity contribution in [3.63, 3.8) is 0 Å². The number of fused-ring (bicyclic) bond motifs is 1. The van der Waals surface area contributed by atoms with Gasteiger partial charge in [-0.2, -0.15) is 0 Å². The predicted octanol–water partition coefficient (Wildman–Crippen LogP) is 3.55. The van der Waals surface area contributed by atoms with Gasteiger partial charge in [0.25, 0.3) is 0 Å². The fraction of sp³-hybridized carbons (Fsp3) is 0.560. The first kappa shape index (κ1) is 25.6. The van der Waals surface area contributed by atoms with E-state index in [-0.39, 0.29) is 17.0 Å². The molecule has 0 saturated carbocycles. The van der Waals surface area contributed by atoms with Crippen LogP contribution < -0.4 is 10.2 Å². The molecule has 1 aliphatic heterocycles. The van der Waals surface area contributed by atoms with E-state index in [2.05, 4.69) is 41.0 Å². The minimum absolute atomic E-state index is 0.0487. The number of benzene rings is 1. The second-order valence-corrected chi connectivity index (χ2v) is 10.1. The first-order valence-corrected chi connectivity index (χ1v) is 12.6. The van der Waals surface area contributed by atoms with Crippen LogP contribution in [0.15, 0.2) is 24.5 Å². The largest absolute Gasteiger partial charge is 0.387 e. The zero-order valence-electron chi connectivity index (χ0n) is 20.5. The van der Waals surface area contributed by atoms with Crippen LogP contribution in [-0.2, 0) is 6.54 Å². The maximum Gasteiger partial charge on any atom is 0.320 e. The van der Waals surface area contributed by atoms with Gasteiger partial charge in [0.1, 0.15) is 18.0 Å². The summed E-state index contributed by atoms with van der Waals surface area (Å²) in [5.74, 6) is 0.594. The molecule has 2 amide bonds. The lowest BCUT2D eigenvalue weighted by Gasteiger charge is -2.39. The van der Waals surface area contributed by atoms with Crippen molar-refractivity contribution >= 4 is 23.4 Å². The van der Waals surface area contributed by atoms with E-state index in [9.17, 15) is 14.3 Å². The number of amides is 2. The molecule has 2 N–H and O–H groups in total. The fourth-order valence-corrected chi connectivity index (χ4v) is 5.06. The van der Waals surface area contributed by atoms with Crippen LogP contribution in [-0.4, -0.2) is 76.2 Å². The summed E-state index contributed by atoms with van der Waals surface area (Å²) in [5.41, 5.74) is 2.54. The van der Waals surface area contributed by atoms with Crippen molar-refractivity contribution in [3.8, 4) is 0 Å². The second kappa shape index (κ2) is 11.1. The number of urea groups is 1. The second-order valence-electron chi connectivity index (χ2n) is 9.68. The molecule has 1 aromatic carbocycles. The molecule has 1 fully saturated rings. The summed E-state index contributed by atoms with van der Waals surface area (Å²) in [6.07, 6.45) is 1.63. The van der Waals surface area contributed by atoms with Crippen LogP contribution in [0.5, 0.6) is 0 Å². The number of aromatic nitrogens is 2. The summed E-state index contributed by atoms with van der Waals surface area (Å²) < 4.78 is 13.6. The topological polar surface area (TPSA) is 84.8 Å². The summed E-state index contributed by atoms with van der Waals surface area (Å²) >= 11 is 5.97. The molecule has 35 heavy (non-hydrogen) atoms. The summed E-state index contributed by atoms with van der Waals surface area (Å²) in [7, 11) is 0. The Bertz CT molecular complexity index is 1050. The van der Waals surface area contributed by atoms with Crippen LogP contribution in [0.2, 0.25) is 5.02 Å². The molecule has 8 nitrogen and oxygen atoms in total. The highest BCUT2D eigenvalue weighted by Crippen LogP contribution is 2.42. The lowest BCUT2D eigenvalue weighted by atomic mass is 10.1. The average Bonchev–Trinajstić information content (AvgIpc) is 3.13. The Hall–Kier alpha value is -2.49. The van der Waals surface area contributed by atoms with E-state index in [0.29, 0.717) is 58.3 Å². The predicted molar refractivity (Wildman–Crippen MR) is 134 cm³/mol. The third-order valence-electron chi connectivity index (χ3n) is 6.69. The number of rotatable bonds is 7. The lowest BCUT2D eigenvalue weighted by molar-refractivity contribution is 0.147. The van der Waals surface area contributed by atoms with E-state index in [1.165, 1.54) is 12.4 Å². The number of piperazine rings is 1. The van der Waals surface area contributed by atoms with Crippen LogP contribution in [0, 0.1) is 5.82 Å². The molecule has 190 valence electrons. The maximum atomic E-state index is 13.6. The number of nitrogens with zero attached hydrogens (tertiary/aromatic N) is 5. The quantitative estimate of drug-likeness (QED) is 0.600. The molecule has 2 atom stereocenters. The van der Waals surface area contributed by atoms with Crippen molar-refractivity contribution in [2.45, 2.75) is 51.8 Å². The average molecular weight is 505 g/mol. The summed E-state index contributed by atoms with van der Waals surface area (Å²) in [6.45, 7) is 10.2. The van der Waals surface area contributed by atoms with Crippen molar-refractivity contribution in [1.82, 2.24) is 25.1 Å². The van der Waals surface area contributed by atoms with Gasteiger partial charge in [-0.05, 0) is 30.0 Å². The van der Waals surface area contributed by atoms with E-state index < -0.39 is 11.9 Å². The number of halogens is 2. The molecule has 0 unspecified atom stereocenters. The molecule has 1 aliphatic carbocycles. The number of anilines is 1. The van der Waals surface area contributed by atoms with Gasteiger partial charge in [-0.25, -0.2) is 19.2 Å². The summed E-state index contributed by atoms with van der Waals surface area (Å²) in [6, 6.07) is 4.85. The van der Waals surface area contributed by atoms with E-state index in [1.54, 1.807) is 17.0 Å². The smallest absolute Gasteiger partial charge is 0.320 e. The van der Waals surface area contributed by atoms with Crippen LogP contribution in [0.3, 0.4) is 0 Å². The van der Waals surface area contributed by atoms with Crippen LogP contribution in [0.25, 0.3) is 0 Å². The SMILES string of the molecule is CC(C)NCCN(Cc1ccc(F)c(Cl)c1)C(=O)N1CCN(c2ncnc3c2[C@H](C)C[C@H]3O)CC1. The van der Waals surface area contributed by atoms with Gasteiger partial charge in [0, 0.05) is 57.4 Å². The summed E-state index contributed by atoms with van der Waals surface area (Å²) in [4.78, 5) is 28.2. The molecule has 1 aromatic heterocycles. The van der Waals surface area contributed by atoms with E-state index in [0.717, 1.165) is 22.6 Å². The van der Waals surface area contributed by atoms with Gasteiger partial charge in [-0.1, -0.05) is 38.4 Å². The minimum atomic E-state index is -0.544. The van der Waals surface area contributed by atoms with E-state index in [1.807, 2.05) is 4.90 Å². The Morgan fingerprint density at radius 2 is 2.03 bits per heavy atom. The first-order valence-electron chi connectivity index (χ1n) is 12.2. The van der Waals surface area contributed by atoms with Crippen molar-refractivity contribution in [3.05, 3.63) is 52.2 Å². The van der Waals surface area contributed by atoms with Gasteiger partial charge >= 0.3 is 6.03 Å². The molecule has 0 spiro atoms. The first-order chi connectivity index (χ1) is 16.7. The van der Waals surface area contributed by atoms with Crippen LogP contribution in [0.1, 0.15) is 56.0 Å². The maximum absolute atomic E-state index is 13.6. The lowest BCUT2D eigenvalue weighted by Crippen LogP contribution is -2.54. The molecule has 10 heteroatoms. The van der Waals surface area contributed by atoms with Gasteiger partial charge in [0.05, 0.1) is 16.8 Å². The molecule has 4 rings (SSSR count). The van der Waals surface area contributed by atoms with Crippen molar-refractivity contribution in [1.29, 1.82) is 0 Å². The highest BCUT2D eigenvalue weighted by Gasteiger charge is 2.34. The number of aliphatic hydroxyl groups is 1. The number of hydrogen-bond donors (Lipinski definition) is 2. The molecule has 0 radical (unpaired) electrons. The zero-order chi connectivity index (χ0) is 25.1. The van der Waals surface area contributed by atoms with E-state index in [4.69, 9.17) is 11.6 Å². The van der Waals surface area contributed by atoms with Crippen molar-refractivity contribution < 1.29 is 14.3 Å². The molecular weight excluding hydrogens is 471 g/mol. The van der Waals surface area contributed by atoms with Crippen LogP contribution >= 0.6 is 11.6 Å². The standard InChI is InChI=1S/C25H34ClFN6O2/c1-16(2)28-6-7-33(14-18-4-5-20(27)19(26)13-18)25(35)32-10-8-31(9-11-32)24-22-17(3)12-21(34)23(22)29-15-30-24/h4-5,13,15-17,21,28,34H,6-12,14H2,1-3H3/t17-,21-/m1/s1. The third kappa shape index (κ3) is 5.85. The van der Waals surface area contributed by atoms with Gasteiger partial charge in [0.2, 0.25) is 0 Å². The van der Waals surface area contributed by atoms with Crippen LogP contribution in [0.4, 0.5) is 15.0 Å². The summed E-state index contributed by atoms with van der Waals surface area (Å²) in [5, 5.41) is 13.7.